The van der Waals surface area contributed by atoms with Crippen molar-refractivity contribution in [1.29, 1.82) is 0 Å². The second-order valence-corrected chi connectivity index (χ2v) is 4.24. The average Bonchev–Trinajstić information content (AvgIpc) is 1.95. The summed E-state index contributed by atoms with van der Waals surface area (Å²) in [4.78, 5) is 22.0. The van der Waals surface area contributed by atoms with Crippen molar-refractivity contribution in [3.8, 4) is 0 Å². The van der Waals surface area contributed by atoms with Gasteiger partial charge in [-0.25, -0.2) is 0 Å². The maximum atomic E-state index is 11.7. The van der Waals surface area contributed by atoms with Crippen LogP contribution in [0.1, 0.15) is 33.6 Å². The average molecular weight is 225 g/mol. The largest absolute Gasteiger partial charge is 0.389 e. The van der Waals surface area contributed by atoms with E-state index in [-0.39, 0.29) is 0 Å². The number of nitrogens with one attached hydrogen (secondary N) is 1. The van der Waals surface area contributed by atoms with E-state index < -0.39 is 36.2 Å². The van der Waals surface area contributed by atoms with E-state index in [9.17, 15) is 22.8 Å². The van der Waals surface area contributed by atoms with Crippen LogP contribution in [0.3, 0.4) is 0 Å². The van der Waals surface area contributed by atoms with Crippen LogP contribution in [-0.2, 0) is 9.59 Å². The quantitative estimate of drug-likeness (QED) is 0.744. The minimum atomic E-state index is -4.41. The highest BCUT2D eigenvalue weighted by atomic mass is 19.4. The van der Waals surface area contributed by atoms with Gasteiger partial charge in [-0.05, 0) is 20.8 Å². The van der Waals surface area contributed by atoms with E-state index in [0.29, 0.717) is 0 Å². The van der Waals surface area contributed by atoms with E-state index in [2.05, 4.69) is 5.32 Å². The van der Waals surface area contributed by atoms with Crippen LogP contribution in [-0.4, -0.2) is 23.4 Å². The van der Waals surface area contributed by atoms with Gasteiger partial charge in [0, 0.05) is 12.0 Å². The van der Waals surface area contributed by atoms with Gasteiger partial charge in [-0.15, -0.1) is 0 Å². The normalized spacial score (nSPS) is 12.4. The lowest BCUT2D eigenvalue weighted by Gasteiger charge is -2.19. The van der Waals surface area contributed by atoms with Crippen LogP contribution in [0.25, 0.3) is 0 Å². The van der Waals surface area contributed by atoms with Gasteiger partial charge in [0.15, 0.2) is 0 Å². The molecule has 0 saturated carbocycles. The first-order valence-corrected chi connectivity index (χ1v) is 4.43. The monoisotopic (exact) mass is 225 g/mol. The van der Waals surface area contributed by atoms with Gasteiger partial charge in [0.05, 0.1) is 6.42 Å². The maximum absolute atomic E-state index is 11.7. The highest BCUT2D eigenvalue weighted by molar-refractivity contribution is 6.36. The van der Waals surface area contributed by atoms with E-state index in [0.717, 1.165) is 0 Å². The molecule has 6 heteroatoms. The Labute approximate surface area is 86.0 Å². The third-order valence-electron chi connectivity index (χ3n) is 1.38. The Balaban J connectivity index is 4.08. The van der Waals surface area contributed by atoms with Gasteiger partial charge in [0.1, 0.15) is 0 Å². The SMILES string of the molecule is CC(C)(C)NC(=O)C(=O)CCC(F)(F)F. The molecule has 0 bridgehead atoms. The van der Waals surface area contributed by atoms with Gasteiger partial charge < -0.3 is 5.32 Å². The molecule has 0 aliphatic heterocycles. The molecule has 0 spiro atoms. The number of carbonyl (C=O) groups is 2. The van der Waals surface area contributed by atoms with Crippen molar-refractivity contribution in [1.82, 2.24) is 5.32 Å². The molecule has 0 atom stereocenters. The molecule has 0 heterocycles. The molecule has 0 aliphatic carbocycles. The van der Waals surface area contributed by atoms with Gasteiger partial charge in [0.25, 0.3) is 5.91 Å². The standard InChI is InChI=1S/C9H14F3NO2/c1-8(2,3)13-7(15)6(14)4-5-9(10,11)12/h4-5H2,1-3H3,(H,13,15). The van der Waals surface area contributed by atoms with Crippen LogP contribution >= 0.6 is 0 Å². The predicted octanol–water partition coefficient (Wildman–Crippen LogP) is 1.81. The third-order valence-corrected chi connectivity index (χ3v) is 1.38. The lowest BCUT2D eigenvalue weighted by molar-refractivity contribution is -0.148. The fourth-order valence-electron chi connectivity index (χ4n) is 0.779. The molecule has 0 aromatic carbocycles. The lowest BCUT2D eigenvalue weighted by atomic mass is 10.1. The van der Waals surface area contributed by atoms with Crippen molar-refractivity contribution < 1.29 is 22.8 Å². The van der Waals surface area contributed by atoms with Gasteiger partial charge in [0.2, 0.25) is 5.78 Å². The molecule has 0 rings (SSSR count). The summed E-state index contributed by atoms with van der Waals surface area (Å²) in [5, 5.41) is 2.30. The van der Waals surface area contributed by atoms with Crippen LogP contribution in [0.5, 0.6) is 0 Å². The first kappa shape index (κ1) is 13.9. The van der Waals surface area contributed by atoms with E-state index in [4.69, 9.17) is 0 Å². The smallest absolute Gasteiger partial charge is 0.345 e. The molecule has 0 aromatic rings. The van der Waals surface area contributed by atoms with Crippen molar-refractivity contribution in [2.24, 2.45) is 0 Å². The number of halogens is 3. The number of hydrogen-bond donors (Lipinski definition) is 1. The van der Waals surface area contributed by atoms with E-state index in [1.165, 1.54) is 0 Å². The Morgan fingerprint density at radius 3 is 1.93 bits per heavy atom. The summed E-state index contributed by atoms with van der Waals surface area (Å²) in [6.45, 7) is 4.92. The van der Waals surface area contributed by atoms with E-state index in [1.54, 1.807) is 20.8 Å². The van der Waals surface area contributed by atoms with Crippen molar-refractivity contribution in [2.75, 3.05) is 0 Å². The lowest BCUT2D eigenvalue weighted by Crippen LogP contribution is -2.44. The Morgan fingerprint density at radius 2 is 1.60 bits per heavy atom. The van der Waals surface area contributed by atoms with Crippen molar-refractivity contribution in [3.63, 3.8) is 0 Å². The van der Waals surface area contributed by atoms with Crippen molar-refractivity contribution in [2.45, 2.75) is 45.3 Å². The van der Waals surface area contributed by atoms with E-state index >= 15 is 0 Å². The number of Topliss-reactive ketones (excluding diaryl/α,β-unsaturated/α-hetero) is 1. The van der Waals surface area contributed by atoms with E-state index in [1.807, 2.05) is 0 Å². The molecule has 0 radical (unpaired) electrons. The van der Waals surface area contributed by atoms with Crippen LogP contribution in [0.2, 0.25) is 0 Å². The molecule has 0 aromatic heterocycles. The topological polar surface area (TPSA) is 46.2 Å². The van der Waals surface area contributed by atoms with Crippen LogP contribution < -0.4 is 5.32 Å². The molecular weight excluding hydrogens is 211 g/mol. The first-order valence-electron chi connectivity index (χ1n) is 4.43. The fourth-order valence-corrected chi connectivity index (χ4v) is 0.779. The van der Waals surface area contributed by atoms with Gasteiger partial charge in [-0.1, -0.05) is 0 Å². The molecule has 1 amide bonds. The van der Waals surface area contributed by atoms with Crippen molar-refractivity contribution >= 4 is 11.7 Å². The Bertz CT molecular complexity index is 253. The number of carbonyl (C=O) groups excluding carboxylic acids is 2. The van der Waals surface area contributed by atoms with Crippen LogP contribution in [0.4, 0.5) is 13.2 Å². The maximum Gasteiger partial charge on any atom is 0.389 e. The molecule has 0 fully saturated rings. The fraction of sp³-hybridized carbons (Fsp3) is 0.778. The predicted molar refractivity (Wildman–Crippen MR) is 48.2 cm³/mol. The Morgan fingerprint density at radius 1 is 1.13 bits per heavy atom. The summed E-state index contributed by atoms with van der Waals surface area (Å²) >= 11 is 0. The zero-order valence-electron chi connectivity index (χ0n) is 8.86. The first-order chi connectivity index (χ1) is 6.51. The number of hydrogen-bond acceptors (Lipinski definition) is 2. The Hall–Kier alpha value is -1.07. The minimum Gasteiger partial charge on any atom is -0.345 e. The van der Waals surface area contributed by atoms with Crippen LogP contribution in [0, 0.1) is 0 Å². The summed E-state index contributed by atoms with van der Waals surface area (Å²) in [5.41, 5.74) is -0.620. The second-order valence-electron chi connectivity index (χ2n) is 4.24. The number of rotatable bonds is 3. The van der Waals surface area contributed by atoms with Gasteiger partial charge in [-0.2, -0.15) is 13.2 Å². The molecule has 0 aliphatic rings. The minimum absolute atomic E-state index is 0.620. The third kappa shape index (κ3) is 7.96. The highest BCUT2D eigenvalue weighted by Gasteiger charge is 2.30. The zero-order valence-corrected chi connectivity index (χ0v) is 8.86. The molecule has 1 N–H and O–H groups in total. The molecule has 88 valence electrons. The molecule has 0 saturated heterocycles. The second kappa shape index (κ2) is 4.63. The zero-order chi connectivity index (χ0) is 12.3. The summed E-state index contributed by atoms with van der Waals surface area (Å²) < 4.78 is 35.2. The molecule has 3 nitrogen and oxygen atoms in total. The molecule has 0 unspecified atom stereocenters. The summed E-state index contributed by atoms with van der Waals surface area (Å²) in [7, 11) is 0. The molecule has 15 heavy (non-hydrogen) atoms. The molecular formula is C9H14F3NO2. The summed E-state index contributed by atoms with van der Waals surface area (Å²) in [6.07, 6.45) is -6.47. The summed E-state index contributed by atoms with van der Waals surface area (Å²) in [5.74, 6) is -2.01. The Kier molecular flexibility index (Phi) is 4.30. The summed E-state index contributed by atoms with van der Waals surface area (Å²) in [6, 6.07) is 0. The van der Waals surface area contributed by atoms with Crippen LogP contribution in [0.15, 0.2) is 0 Å². The van der Waals surface area contributed by atoms with Gasteiger partial charge >= 0.3 is 6.18 Å². The number of amides is 1. The van der Waals surface area contributed by atoms with Crippen molar-refractivity contribution in [3.05, 3.63) is 0 Å². The number of ketones is 1. The highest BCUT2D eigenvalue weighted by Crippen LogP contribution is 2.21. The van der Waals surface area contributed by atoms with Gasteiger partial charge in [-0.3, -0.25) is 9.59 Å². The number of alkyl halides is 3.